The molecule has 0 aliphatic carbocycles. The van der Waals surface area contributed by atoms with Crippen molar-refractivity contribution in [2.75, 3.05) is 0 Å². The zero-order valence-corrected chi connectivity index (χ0v) is 17.4. The summed E-state index contributed by atoms with van der Waals surface area (Å²) in [5.74, 6) is 0.230. The molecule has 0 fully saturated rings. The van der Waals surface area contributed by atoms with Crippen molar-refractivity contribution >= 4 is 5.97 Å². The fraction of sp³-hybridized carbons (Fsp3) is 0.308. The second kappa shape index (κ2) is 10.6. The summed E-state index contributed by atoms with van der Waals surface area (Å²) < 4.78 is 5.51. The molecule has 3 aromatic rings. The van der Waals surface area contributed by atoms with E-state index >= 15 is 0 Å². The first-order valence-electron chi connectivity index (χ1n) is 10.6. The molecule has 0 saturated heterocycles. The average Bonchev–Trinajstić information content (AvgIpc) is 2.76. The van der Waals surface area contributed by atoms with E-state index in [4.69, 9.17) is 4.74 Å². The van der Waals surface area contributed by atoms with Crippen LogP contribution in [0.3, 0.4) is 0 Å². The van der Waals surface area contributed by atoms with Crippen molar-refractivity contribution in [2.24, 2.45) is 0 Å². The minimum Gasteiger partial charge on any atom is -0.423 e. The molecule has 29 heavy (non-hydrogen) atoms. The van der Waals surface area contributed by atoms with Gasteiger partial charge in [-0.25, -0.2) is 4.79 Å². The van der Waals surface area contributed by atoms with Gasteiger partial charge in [-0.3, -0.25) is 4.98 Å². The number of nitrogens with zero attached hydrogens (tertiary/aromatic N) is 1. The Bertz CT molecular complexity index is 897. The fourth-order valence-corrected chi connectivity index (χ4v) is 3.28. The number of aryl methyl sites for hydroxylation is 2. The van der Waals surface area contributed by atoms with Gasteiger partial charge in [-0.1, -0.05) is 63.4 Å². The first kappa shape index (κ1) is 20.8. The maximum Gasteiger partial charge on any atom is 0.343 e. The van der Waals surface area contributed by atoms with Gasteiger partial charge in [-0.05, 0) is 60.7 Å². The van der Waals surface area contributed by atoms with E-state index in [0.717, 1.165) is 30.5 Å². The maximum atomic E-state index is 12.4. The minimum atomic E-state index is -0.346. The molecule has 3 heteroatoms. The number of pyridine rings is 1. The van der Waals surface area contributed by atoms with E-state index in [0.29, 0.717) is 11.3 Å². The van der Waals surface area contributed by atoms with Crippen LogP contribution in [0.1, 0.15) is 61.0 Å². The van der Waals surface area contributed by atoms with Crippen molar-refractivity contribution in [3.8, 4) is 17.0 Å². The molecular weight excluding hydrogens is 358 g/mol. The number of unbranched alkanes of at least 4 members (excludes halogenated alkanes) is 2. The topological polar surface area (TPSA) is 39.2 Å². The standard InChI is InChI=1S/C26H29NO2/c1-3-5-6-8-20-9-16-24(17-10-20)29-26(28)23-14-12-22(13-15-23)25-18-11-21(7-4-2)19-27-25/h9-19H,3-8H2,1-2H3. The molecule has 1 heterocycles. The van der Waals surface area contributed by atoms with Crippen molar-refractivity contribution < 1.29 is 9.53 Å². The van der Waals surface area contributed by atoms with Gasteiger partial charge in [0.15, 0.2) is 0 Å². The quantitative estimate of drug-likeness (QED) is 0.234. The number of ether oxygens (including phenoxy) is 1. The molecule has 3 rings (SSSR count). The minimum absolute atomic E-state index is 0.346. The summed E-state index contributed by atoms with van der Waals surface area (Å²) in [6.45, 7) is 4.36. The molecule has 0 amide bonds. The lowest BCUT2D eigenvalue weighted by molar-refractivity contribution is 0.0734. The van der Waals surface area contributed by atoms with Crippen molar-refractivity contribution in [2.45, 2.75) is 52.4 Å². The molecule has 0 saturated carbocycles. The highest BCUT2D eigenvalue weighted by molar-refractivity contribution is 5.91. The third-order valence-corrected chi connectivity index (χ3v) is 4.98. The number of carbonyl (C=O) groups is 1. The van der Waals surface area contributed by atoms with Gasteiger partial charge in [-0.2, -0.15) is 0 Å². The Morgan fingerprint density at radius 1 is 0.793 bits per heavy atom. The molecule has 0 aliphatic rings. The van der Waals surface area contributed by atoms with Gasteiger partial charge in [0.25, 0.3) is 0 Å². The zero-order valence-electron chi connectivity index (χ0n) is 17.4. The number of rotatable bonds is 9. The van der Waals surface area contributed by atoms with Crippen LogP contribution in [0, 0.1) is 0 Å². The number of aromatic nitrogens is 1. The van der Waals surface area contributed by atoms with Gasteiger partial charge in [0.1, 0.15) is 5.75 Å². The first-order valence-corrected chi connectivity index (χ1v) is 10.6. The summed E-state index contributed by atoms with van der Waals surface area (Å²) in [6.07, 6.45) is 8.79. The van der Waals surface area contributed by atoms with Crippen LogP contribution in [0.25, 0.3) is 11.3 Å². The summed E-state index contributed by atoms with van der Waals surface area (Å²) in [5.41, 5.74) is 4.95. The summed E-state index contributed by atoms with van der Waals surface area (Å²) >= 11 is 0. The summed E-state index contributed by atoms with van der Waals surface area (Å²) in [5, 5.41) is 0. The van der Waals surface area contributed by atoms with Crippen LogP contribution in [0.4, 0.5) is 0 Å². The van der Waals surface area contributed by atoms with Crippen LogP contribution < -0.4 is 4.74 Å². The van der Waals surface area contributed by atoms with Crippen molar-refractivity contribution in [1.29, 1.82) is 0 Å². The molecule has 150 valence electrons. The predicted molar refractivity (Wildman–Crippen MR) is 118 cm³/mol. The number of hydrogen-bond donors (Lipinski definition) is 0. The fourth-order valence-electron chi connectivity index (χ4n) is 3.28. The van der Waals surface area contributed by atoms with Gasteiger partial charge in [-0.15, -0.1) is 0 Å². The lowest BCUT2D eigenvalue weighted by Crippen LogP contribution is -2.08. The van der Waals surface area contributed by atoms with E-state index in [9.17, 15) is 4.79 Å². The van der Waals surface area contributed by atoms with Gasteiger partial charge >= 0.3 is 5.97 Å². The Labute approximate surface area is 173 Å². The van der Waals surface area contributed by atoms with Gasteiger partial charge < -0.3 is 4.74 Å². The predicted octanol–water partition coefficient (Wildman–Crippen LogP) is 6.65. The van der Waals surface area contributed by atoms with Crippen LogP contribution in [-0.4, -0.2) is 11.0 Å². The number of carbonyl (C=O) groups excluding carboxylic acids is 1. The van der Waals surface area contributed by atoms with E-state index in [1.165, 1.54) is 30.4 Å². The number of esters is 1. The van der Waals surface area contributed by atoms with Gasteiger partial charge in [0, 0.05) is 11.8 Å². The molecule has 0 N–H and O–H groups in total. The smallest absolute Gasteiger partial charge is 0.343 e. The molecule has 0 radical (unpaired) electrons. The van der Waals surface area contributed by atoms with Crippen LogP contribution >= 0.6 is 0 Å². The largest absolute Gasteiger partial charge is 0.423 e. The molecular formula is C26H29NO2. The zero-order chi connectivity index (χ0) is 20.5. The number of hydrogen-bond acceptors (Lipinski definition) is 3. The first-order chi connectivity index (χ1) is 14.2. The van der Waals surface area contributed by atoms with E-state index in [-0.39, 0.29) is 5.97 Å². The van der Waals surface area contributed by atoms with Crippen molar-refractivity contribution in [3.05, 3.63) is 83.6 Å². The highest BCUT2D eigenvalue weighted by Gasteiger charge is 2.09. The van der Waals surface area contributed by atoms with Crippen LogP contribution in [-0.2, 0) is 12.8 Å². The van der Waals surface area contributed by atoms with Crippen LogP contribution in [0.5, 0.6) is 5.75 Å². The second-order valence-corrected chi connectivity index (χ2v) is 7.37. The molecule has 0 spiro atoms. The normalized spacial score (nSPS) is 10.7. The second-order valence-electron chi connectivity index (χ2n) is 7.37. The van der Waals surface area contributed by atoms with Crippen molar-refractivity contribution in [3.63, 3.8) is 0 Å². The Hall–Kier alpha value is -2.94. The molecule has 1 aromatic heterocycles. The third-order valence-electron chi connectivity index (χ3n) is 4.98. The Balaban J connectivity index is 1.60. The van der Waals surface area contributed by atoms with Crippen LogP contribution in [0.15, 0.2) is 66.9 Å². The molecule has 0 bridgehead atoms. The third kappa shape index (κ3) is 6.02. The summed E-state index contributed by atoms with van der Waals surface area (Å²) in [7, 11) is 0. The molecule has 2 aromatic carbocycles. The van der Waals surface area contributed by atoms with Crippen molar-refractivity contribution in [1.82, 2.24) is 4.98 Å². The Kier molecular flexibility index (Phi) is 7.57. The van der Waals surface area contributed by atoms with E-state index in [2.05, 4.69) is 24.9 Å². The highest BCUT2D eigenvalue weighted by atomic mass is 16.5. The summed E-state index contributed by atoms with van der Waals surface area (Å²) in [6, 6.07) is 19.4. The van der Waals surface area contributed by atoms with Gasteiger partial charge in [0.2, 0.25) is 0 Å². The van der Waals surface area contributed by atoms with E-state index in [1.807, 2.05) is 48.7 Å². The average molecular weight is 388 g/mol. The van der Waals surface area contributed by atoms with E-state index in [1.54, 1.807) is 12.1 Å². The molecule has 3 nitrogen and oxygen atoms in total. The Morgan fingerprint density at radius 3 is 2.14 bits per heavy atom. The van der Waals surface area contributed by atoms with Crippen LogP contribution in [0.2, 0.25) is 0 Å². The van der Waals surface area contributed by atoms with Gasteiger partial charge in [0.05, 0.1) is 11.3 Å². The maximum absolute atomic E-state index is 12.4. The Morgan fingerprint density at radius 2 is 1.52 bits per heavy atom. The molecule has 0 unspecified atom stereocenters. The molecule has 0 aliphatic heterocycles. The molecule has 0 atom stereocenters. The highest BCUT2D eigenvalue weighted by Crippen LogP contribution is 2.20. The summed E-state index contributed by atoms with van der Waals surface area (Å²) in [4.78, 5) is 17.0. The lowest BCUT2D eigenvalue weighted by Gasteiger charge is -2.07. The van der Waals surface area contributed by atoms with E-state index < -0.39 is 0 Å². The SMILES string of the molecule is CCCCCc1ccc(OC(=O)c2ccc(-c3ccc(CCC)cn3)cc2)cc1. The number of benzene rings is 2. The lowest BCUT2D eigenvalue weighted by atomic mass is 10.1. The monoisotopic (exact) mass is 387 g/mol.